The van der Waals surface area contributed by atoms with E-state index in [0.29, 0.717) is 6.04 Å². The van der Waals surface area contributed by atoms with Crippen molar-refractivity contribution in [3.8, 4) is 0 Å². The predicted octanol–water partition coefficient (Wildman–Crippen LogP) is 1.18. The third-order valence-corrected chi connectivity index (χ3v) is 2.30. The van der Waals surface area contributed by atoms with Crippen LogP contribution in [-0.4, -0.2) is 28.4 Å². The Kier molecular flexibility index (Phi) is 4.07. The number of nitrogens with one attached hydrogen (secondary N) is 1. The summed E-state index contributed by atoms with van der Waals surface area (Å²) in [5.41, 5.74) is 0. The lowest BCUT2D eigenvalue weighted by molar-refractivity contribution is 0.451. The van der Waals surface area contributed by atoms with Gasteiger partial charge in [-0.1, -0.05) is 13.8 Å². The molecule has 0 radical (unpaired) electrons. The number of aromatic nitrogens is 3. The van der Waals surface area contributed by atoms with Gasteiger partial charge in [-0.25, -0.2) is 9.67 Å². The summed E-state index contributed by atoms with van der Waals surface area (Å²) >= 11 is 0. The summed E-state index contributed by atoms with van der Waals surface area (Å²) in [5, 5.41) is 7.64. The maximum absolute atomic E-state index is 4.48. The molecular formula is C10H20N4. The van der Waals surface area contributed by atoms with Crippen LogP contribution in [0.3, 0.4) is 0 Å². The van der Waals surface area contributed by atoms with E-state index in [4.69, 9.17) is 0 Å². The zero-order chi connectivity index (χ0) is 10.6. The lowest BCUT2D eigenvalue weighted by atomic mass is 10.3. The quantitative estimate of drug-likeness (QED) is 0.769. The molecule has 0 saturated carbocycles. The van der Waals surface area contributed by atoms with Crippen molar-refractivity contribution in [2.45, 2.75) is 39.7 Å². The molecule has 1 atom stereocenters. The molecule has 4 nitrogen and oxygen atoms in total. The molecule has 0 amide bonds. The van der Waals surface area contributed by atoms with Crippen LogP contribution in [0.15, 0.2) is 0 Å². The van der Waals surface area contributed by atoms with Crippen molar-refractivity contribution in [2.24, 2.45) is 0 Å². The van der Waals surface area contributed by atoms with Crippen LogP contribution in [0, 0.1) is 0 Å². The minimum absolute atomic E-state index is 0.378. The molecule has 1 N–H and O–H groups in total. The number of nitrogens with zero attached hydrogens (tertiary/aromatic N) is 3. The summed E-state index contributed by atoms with van der Waals surface area (Å²) in [6, 6.07) is 0.378. The van der Waals surface area contributed by atoms with Gasteiger partial charge in [0.15, 0.2) is 5.82 Å². The summed E-state index contributed by atoms with van der Waals surface area (Å²) in [6.07, 6.45) is 1.85. The molecule has 0 aliphatic rings. The second kappa shape index (κ2) is 5.10. The standard InChI is InChI=1S/C10H20N4/c1-5-9-12-10(6-2)14(13-9)8(3)7-11-4/h8,11H,5-7H2,1-4H3. The summed E-state index contributed by atoms with van der Waals surface area (Å²) in [5.74, 6) is 2.04. The predicted molar refractivity (Wildman–Crippen MR) is 57.4 cm³/mol. The summed E-state index contributed by atoms with van der Waals surface area (Å²) in [7, 11) is 1.96. The highest BCUT2D eigenvalue weighted by Crippen LogP contribution is 2.08. The molecule has 0 bridgehead atoms. The van der Waals surface area contributed by atoms with E-state index in [-0.39, 0.29) is 0 Å². The van der Waals surface area contributed by atoms with Gasteiger partial charge in [0, 0.05) is 19.4 Å². The SMILES string of the molecule is CCc1nc(CC)n(C(C)CNC)n1. The molecular weight excluding hydrogens is 176 g/mol. The Morgan fingerprint density at radius 2 is 2.07 bits per heavy atom. The molecule has 0 spiro atoms. The van der Waals surface area contributed by atoms with E-state index in [1.807, 2.05) is 11.7 Å². The Balaban J connectivity index is 2.87. The maximum Gasteiger partial charge on any atom is 0.150 e. The molecule has 1 rings (SSSR count). The van der Waals surface area contributed by atoms with Gasteiger partial charge in [0.1, 0.15) is 5.82 Å². The van der Waals surface area contributed by atoms with E-state index in [2.05, 4.69) is 36.2 Å². The van der Waals surface area contributed by atoms with E-state index in [0.717, 1.165) is 31.0 Å². The number of aryl methyl sites for hydroxylation is 2. The van der Waals surface area contributed by atoms with Gasteiger partial charge in [-0.15, -0.1) is 0 Å². The first-order valence-electron chi connectivity index (χ1n) is 5.31. The average molecular weight is 196 g/mol. The first-order chi connectivity index (χ1) is 6.72. The summed E-state index contributed by atoms with van der Waals surface area (Å²) in [6.45, 7) is 7.29. The van der Waals surface area contributed by atoms with Gasteiger partial charge in [0.05, 0.1) is 6.04 Å². The molecule has 0 aromatic carbocycles. The van der Waals surface area contributed by atoms with Gasteiger partial charge in [-0.05, 0) is 14.0 Å². The maximum atomic E-state index is 4.48. The zero-order valence-corrected chi connectivity index (χ0v) is 9.54. The second-order valence-corrected chi connectivity index (χ2v) is 3.50. The first-order valence-corrected chi connectivity index (χ1v) is 5.31. The van der Waals surface area contributed by atoms with Crippen molar-refractivity contribution in [3.63, 3.8) is 0 Å². The van der Waals surface area contributed by atoms with Crippen molar-refractivity contribution in [1.29, 1.82) is 0 Å². The third kappa shape index (κ3) is 2.32. The zero-order valence-electron chi connectivity index (χ0n) is 9.54. The average Bonchev–Trinajstić information content (AvgIpc) is 2.61. The first kappa shape index (κ1) is 11.2. The topological polar surface area (TPSA) is 42.7 Å². The monoisotopic (exact) mass is 196 g/mol. The fourth-order valence-electron chi connectivity index (χ4n) is 1.53. The molecule has 0 fully saturated rings. The Morgan fingerprint density at radius 1 is 1.36 bits per heavy atom. The summed E-state index contributed by atoms with van der Waals surface area (Å²) < 4.78 is 2.04. The molecule has 80 valence electrons. The summed E-state index contributed by atoms with van der Waals surface area (Å²) in [4.78, 5) is 4.47. The van der Waals surface area contributed by atoms with Crippen LogP contribution in [0.1, 0.15) is 38.5 Å². The number of hydrogen-bond donors (Lipinski definition) is 1. The van der Waals surface area contributed by atoms with Crippen LogP contribution in [0.2, 0.25) is 0 Å². The van der Waals surface area contributed by atoms with Gasteiger partial charge in [0.2, 0.25) is 0 Å². The van der Waals surface area contributed by atoms with E-state index >= 15 is 0 Å². The van der Waals surface area contributed by atoms with Gasteiger partial charge >= 0.3 is 0 Å². The van der Waals surface area contributed by atoms with Crippen LogP contribution >= 0.6 is 0 Å². The van der Waals surface area contributed by atoms with Crippen LogP contribution in [0.5, 0.6) is 0 Å². The Morgan fingerprint density at radius 3 is 2.57 bits per heavy atom. The van der Waals surface area contributed by atoms with Crippen molar-refractivity contribution < 1.29 is 0 Å². The van der Waals surface area contributed by atoms with Crippen LogP contribution in [-0.2, 0) is 12.8 Å². The largest absolute Gasteiger partial charge is 0.318 e. The molecule has 0 aliphatic carbocycles. The van der Waals surface area contributed by atoms with Crippen LogP contribution in [0.4, 0.5) is 0 Å². The lowest BCUT2D eigenvalue weighted by Crippen LogP contribution is -2.22. The highest BCUT2D eigenvalue weighted by atomic mass is 15.4. The van der Waals surface area contributed by atoms with Crippen LogP contribution in [0.25, 0.3) is 0 Å². The Labute approximate surface area is 85.7 Å². The number of likely N-dealkylation sites (N-methyl/N-ethyl adjacent to an activating group) is 1. The highest BCUT2D eigenvalue weighted by molar-refractivity contribution is 4.94. The van der Waals surface area contributed by atoms with E-state index < -0.39 is 0 Å². The second-order valence-electron chi connectivity index (χ2n) is 3.50. The highest BCUT2D eigenvalue weighted by Gasteiger charge is 2.11. The lowest BCUT2D eigenvalue weighted by Gasteiger charge is -2.12. The number of hydrogen-bond acceptors (Lipinski definition) is 3. The van der Waals surface area contributed by atoms with E-state index in [9.17, 15) is 0 Å². The third-order valence-electron chi connectivity index (χ3n) is 2.30. The molecule has 1 aromatic heterocycles. The van der Waals surface area contributed by atoms with Gasteiger partial charge < -0.3 is 5.32 Å². The number of rotatable bonds is 5. The molecule has 1 unspecified atom stereocenters. The van der Waals surface area contributed by atoms with Crippen molar-refractivity contribution in [2.75, 3.05) is 13.6 Å². The molecule has 14 heavy (non-hydrogen) atoms. The fraction of sp³-hybridized carbons (Fsp3) is 0.800. The molecule has 0 aliphatic heterocycles. The Hall–Kier alpha value is -0.900. The fourth-order valence-corrected chi connectivity index (χ4v) is 1.53. The van der Waals surface area contributed by atoms with Gasteiger partial charge in [-0.2, -0.15) is 5.10 Å². The van der Waals surface area contributed by atoms with E-state index in [1.54, 1.807) is 0 Å². The smallest absolute Gasteiger partial charge is 0.150 e. The normalized spacial score (nSPS) is 13.1. The van der Waals surface area contributed by atoms with Gasteiger partial charge in [0.25, 0.3) is 0 Å². The minimum Gasteiger partial charge on any atom is -0.318 e. The van der Waals surface area contributed by atoms with Crippen molar-refractivity contribution >= 4 is 0 Å². The van der Waals surface area contributed by atoms with E-state index in [1.165, 1.54) is 0 Å². The molecule has 0 saturated heterocycles. The van der Waals surface area contributed by atoms with Crippen molar-refractivity contribution in [3.05, 3.63) is 11.6 Å². The van der Waals surface area contributed by atoms with Gasteiger partial charge in [-0.3, -0.25) is 0 Å². The molecule has 4 heteroatoms. The Bertz CT molecular complexity index is 280. The van der Waals surface area contributed by atoms with Crippen LogP contribution < -0.4 is 5.32 Å². The molecule has 1 aromatic rings. The van der Waals surface area contributed by atoms with Crippen molar-refractivity contribution in [1.82, 2.24) is 20.1 Å². The molecule has 1 heterocycles. The minimum atomic E-state index is 0.378.